The van der Waals surface area contributed by atoms with Gasteiger partial charge in [0.15, 0.2) is 0 Å². The normalized spacial score (nSPS) is 18.3. The molecule has 0 radical (unpaired) electrons. The van der Waals surface area contributed by atoms with Crippen molar-refractivity contribution in [3.8, 4) is 5.69 Å². The Kier molecular flexibility index (Phi) is 5.48. The number of para-hydroxylation sites is 1. The third kappa shape index (κ3) is 4.14. The molecule has 0 unspecified atom stereocenters. The second-order valence-corrected chi connectivity index (χ2v) is 5.99. The molecule has 2 aromatic rings. The number of nitrogens with one attached hydrogen (secondary N) is 1. The van der Waals surface area contributed by atoms with E-state index >= 15 is 0 Å². The van der Waals surface area contributed by atoms with E-state index in [0.29, 0.717) is 6.61 Å². The van der Waals surface area contributed by atoms with E-state index in [9.17, 15) is 4.79 Å². The molecule has 1 N–H and O–H groups in total. The number of hydrogen-bond donors (Lipinski definition) is 1. The highest BCUT2D eigenvalue weighted by molar-refractivity contribution is 5.67. The number of piperidine rings is 1. The van der Waals surface area contributed by atoms with Crippen LogP contribution in [0.15, 0.2) is 42.7 Å². The number of amides is 1. The zero-order chi connectivity index (χ0) is 16.8. The SMILES string of the molecule is CCOC(=O)N[C@@H]1CCCN(Cc2nccn2-c2ccccc2)C1. The Balaban J connectivity index is 1.62. The monoisotopic (exact) mass is 328 g/mol. The maximum absolute atomic E-state index is 11.6. The summed E-state index contributed by atoms with van der Waals surface area (Å²) in [4.78, 5) is 18.5. The largest absolute Gasteiger partial charge is 0.450 e. The van der Waals surface area contributed by atoms with E-state index in [4.69, 9.17) is 4.74 Å². The lowest BCUT2D eigenvalue weighted by molar-refractivity contribution is 0.131. The lowest BCUT2D eigenvalue weighted by Crippen LogP contribution is -2.47. The Labute approximate surface area is 142 Å². The molecule has 0 bridgehead atoms. The fourth-order valence-corrected chi connectivity index (χ4v) is 3.13. The zero-order valence-corrected chi connectivity index (χ0v) is 14.0. The number of ether oxygens (including phenoxy) is 1. The average Bonchev–Trinajstić information content (AvgIpc) is 3.04. The van der Waals surface area contributed by atoms with E-state index in [2.05, 4.69) is 31.9 Å². The van der Waals surface area contributed by atoms with Gasteiger partial charge in [-0.3, -0.25) is 4.90 Å². The first-order chi connectivity index (χ1) is 11.8. The Bertz CT molecular complexity index is 656. The van der Waals surface area contributed by atoms with Crippen molar-refractivity contribution in [2.75, 3.05) is 19.7 Å². The number of benzene rings is 1. The number of rotatable bonds is 5. The number of aromatic nitrogens is 2. The molecule has 1 fully saturated rings. The van der Waals surface area contributed by atoms with E-state index in [0.717, 1.165) is 44.0 Å². The summed E-state index contributed by atoms with van der Waals surface area (Å²) in [5.74, 6) is 1.01. The predicted molar refractivity (Wildman–Crippen MR) is 92.0 cm³/mol. The van der Waals surface area contributed by atoms with Crippen LogP contribution in [0.5, 0.6) is 0 Å². The molecular weight excluding hydrogens is 304 g/mol. The molecular formula is C18H24N4O2. The molecule has 3 rings (SSSR count). The van der Waals surface area contributed by atoms with Crippen LogP contribution in [-0.4, -0.2) is 46.3 Å². The number of imidazole rings is 1. The Hall–Kier alpha value is -2.34. The summed E-state index contributed by atoms with van der Waals surface area (Å²) in [6.07, 6.45) is 5.55. The first-order valence-corrected chi connectivity index (χ1v) is 8.49. The first kappa shape index (κ1) is 16.5. The Morgan fingerprint density at radius 2 is 2.21 bits per heavy atom. The average molecular weight is 328 g/mol. The van der Waals surface area contributed by atoms with Crippen molar-refractivity contribution in [1.29, 1.82) is 0 Å². The van der Waals surface area contributed by atoms with Gasteiger partial charge in [0.1, 0.15) is 5.82 Å². The van der Waals surface area contributed by atoms with Crippen molar-refractivity contribution >= 4 is 6.09 Å². The van der Waals surface area contributed by atoms with Crippen molar-refractivity contribution in [3.63, 3.8) is 0 Å². The minimum Gasteiger partial charge on any atom is -0.450 e. The maximum atomic E-state index is 11.6. The van der Waals surface area contributed by atoms with E-state index < -0.39 is 0 Å². The number of carbonyl (C=O) groups is 1. The highest BCUT2D eigenvalue weighted by atomic mass is 16.5. The van der Waals surface area contributed by atoms with Gasteiger partial charge in [-0.25, -0.2) is 9.78 Å². The van der Waals surface area contributed by atoms with Gasteiger partial charge >= 0.3 is 6.09 Å². The predicted octanol–water partition coefficient (Wildman–Crippen LogP) is 2.58. The second-order valence-electron chi connectivity index (χ2n) is 5.99. The van der Waals surface area contributed by atoms with Crippen molar-refractivity contribution in [2.24, 2.45) is 0 Å². The van der Waals surface area contributed by atoms with Crippen LogP contribution in [-0.2, 0) is 11.3 Å². The van der Waals surface area contributed by atoms with Crippen molar-refractivity contribution < 1.29 is 9.53 Å². The van der Waals surface area contributed by atoms with Crippen LogP contribution >= 0.6 is 0 Å². The Morgan fingerprint density at radius 3 is 3.00 bits per heavy atom. The van der Waals surface area contributed by atoms with E-state index in [1.807, 2.05) is 37.5 Å². The van der Waals surface area contributed by atoms with Crippen LogP contribution < -0.4 is 5.32 Å². The van der Waals surface area contributed by atoms with E-state index in [-0.39, 0.29) is 12.1 Å². The molecule has 6 nitrogen and oxygen atoms in total. The summed E-state index contributed by atoms with van der Waals surface area (Å²) in [6, 6.07) is 10.4. The lowest BCUT2D eigenvalue weighted by Gasteiger charge is -2.32. The zero-order valence-electron chi connectivity index (χ0n) is 14.0. The molecule has 0 aliphatic carbocycles. The molecule has 0 spiro atoms. The number of nitrogens with zero attached hydrogens (tertiary/aromatic N) is 3. The van der Waals surface area contributed by atoms with Crippen molar-refractivity contribution in [2.45, 2.75) is 32.4 Å². The van der Waals surface area contributed by atoms with Crippen LogP contribution in [0.4, 0.5) is 4.79 Å². The van der Waals surface area contributed by atoms with Crippen LogP contribution in [0, 0.1) is 0 Å². The summed E-state index contributed by atoms with van der Waals surface area (Å²) in [5.41, 5.74) is 1.11. The fourth-order valence-electron chi connectivity index (χ4n) is 3.13. The number of likely N-dealkylation sites (tertiary alicyclic amines) is 1. The number of hydrogen-bond acceptors (Lipinski definition) is 4. The summed E-state index contributed by atoms with van der Waals surface area (Å²) < 4.78 is 7.09. The molecule has 2 heterocycles. The summed E-state index contributed by atoms with van der Waals surface area (Å²) in [7, 11) is 0. The van der Waals surface area contributed by atoms with E-state index in [1.165, 1.54) is 0 Å². The van der Waals surface area contributed by atoms with Gasteiger partial charge in [-0.2, -0.15) is 0 Å². The summed E-state index contributed by atoms with van der Waals surface area (Å²) in [5, 5.41) is 2.95. The van der Waals surface area contributed by atoms with Crippen LogP contribution in [0.25, 0.3) is 5.69 Å². The summed E-state index contributed by atoms with van der Waals surface area (Å²) >= 11 is 0. The Morgan fingerprint density at radius 1 is 1.38 bits per heavy atom. The van der Waals surface area contributed by atoms with Gasteiger partial charge in [0.2, 0.25) is 0 Å². The molecule has 1 aliphatic rings. The first-order valence-electron chi connectivity index (χ1n) is 8.49. The second kappa shape index (κ2) is 7.97. The van der Waals surface area contributed by atoms with Crippen molar-refractivity contribution in [3.05, 3.63) is 48.5 Å². The third-order valence-corrected chi connectivity index (χ3v) is 4.22. The number of alkyl carbamates (subject to hydrolysis) is 1. The van der Waals surface area contributed by atoms with Crippen molar-refractivity contribution in [1.82, 2.24) is 19.8 Å². The smallest absolute Gasteiger partial charge is 0.407 e. The maximum Gasteiger partial charge on any atom is 0.407 e. The van der Waals surface area contributed by atoms with E-state index in [1.54, 1.807) is 0 Å². The molecule has 0 saturated carbocycles. The molecule has 1 aliphatic heterocycles. The topological polar surface area (TPSA) is 59.4 Å². The minimum absolute atomic E-state index is 0.137. The van der Waals surface area contributed by atoms with Crippen LogP contribution in [0.2, 0.25) is 0 Å². The molecule has 128 valence electrons. The quantitative estimate of drug-likeness (QED) is 0.916. The fraction of sp³-hybridized carbons (Fsp3) is 0.444. The molecule has 6 heteroatoms. The lowest BCUT2D eigenvalue weighted by atomic mass is 10.1. The molecule has 1 atom stereocenters. The molecule has 1 amide bonds. The van der Waals surface area contributed by atoms with Crippen LogP contribution in [0.3, 0.4) is 0 Å². The molecule has 1 aromatic heterocycles. The van der Waals surface area contributed by atoms with Crippen LogP contribution in [0.1, 0.15) is 25.6 Å². The molecule has 24 heavy (non-hydrogen) atoms. The van der Waals surface area contributed by atoms with Gasteiger partial charge < -0.3 is 14.6 Å². The van der Waals surface area contributed by atoms with Gasteiger partial charge in [0.05, 0.1) is 13.2 Å². The minimum atomic E-state index is -0.324. The summed E-state index contributed by atoms with van der Waals surface area (Å²) in [6.45, 7) is 4.82. The number of carbonyl (C=O) groups excluding carboxylic acids is 1. The highest BCUT2D eigenvalue weighted by Gasteiger charge is 2.23. The van der Waals surface area contributed by atoms with Gasteiger partial charge in [0.25, 0.3) is 0 Å². The molecule has 1 aromatic carbocycles. The van der Waals surface area contributed by atoms with Gasteiger partial charge in [0, 0.05) is 30.7 Å². The standard InChI is InChI=1S/C18H24N4O2/c1-2-24-18(23)20-15-7-6-11-21(13-15)14-17-19-10-12-22(17)16-8-4-3-5-9-16/h3-5,8-10,12,15H,2,6-7,11,13-14H2,1H3,(H,20,23)/t15-/m1/s1. The third-order valence-electron chi connectivity index (χ3n) is 4.22. The molecule has 1 saturated heterocycles. The van der Waals surface area contributed by atoms with Gasteiger partial charge in [-0.05, 0) is 38.4 Å². The highest BCUT2D eigenvalue weighted by Crippen LogP contribution is 2.16. The van der Waals surface area contributed by atoms with Gasteiger partial charge in [-0.1, -0.05) is 18.2 Å². The van der Waals surface area contributed by atoms with Gasteiger partial charge in [-0.15, -0.1) is 0 Å².